The van der Waals surface area contributed by atoms with Gasteiger partial charge in [-0.15, -0.1) is 0 Å². The van der Waals surface area contributed by atoms with Crippen LogP contribution in [-0.2, 0) is 21.2 Å². The van der Waals surface area contributed by atoms with E-state index in [0.29, 0.717) is 6.42 Å². The molecule has 31 heavy (non-hydrogen) atoms. The maximum atomic E-state index is 13.2. The SMILES string of the molecule is O=C(NS(=O)(=O)c1ccc(Cl)nc1)C(Cc1ccccc1)c1ccc2ccccc2c1. The highest BCUT2D eigenvalue weighted by atomic mass is 35.5. The summed E-state index contributed by atoms with van der Waals surface area (Å²) >= 11 is 5.74. The quantitative estimate of drug-likeness (QED) is 0.431. The average Bonchev–Trinajstić information content (AvgIpc) is 2.78. The van der Waals surface area contributed by atoms with Crippen molar-refractivity contribution in [3.63, 3.8) is 0 Å². The number of aromatic nitrogens is 1. The van der Waals surface area contributed by atoms with Crippen molar-refractivity contribution >= 4 is 38.3 Å². The molecule has 5 nitrogen and oxygen atoms in total. The third-order valence-corrected chi connectivity index (χ3v) is 6.58. The first kappa shape index (κ1) is 21.0. The summed E-state index contributed by atoms with van der Waals surface area (Å²) in [6, 6.07) is 25.7. The standard InChI is InChI=1S/C24H19ClN2O3S/c25-23-13-12-21(16-26-23)31(29,30)27-24(28)22(14-17-6-2-1-3-7-17)20-11-10-18-8-4-5-9-19(18)15-20/h1-13,15-16,22H,14H2,(H,27,28). The second kappa shape index (κ2) is 8.88. The molecule has 1 heterocycles. The zero-order chi connectivity index (χ0) is 21.8. The second-order valence-electron chi connectivity index (χ2n) is 7.14. The van der Waals surface area contributed by atoms with Crippen molar-refractivity contribution in [2.45, 2.75) is 17.2 Å². The van der Waals surface area contributed by atoms with Crippen molar-refractivity contribution < 1.29 is 13.2 Å². The number of rotatable bonds is 6. The molecule has 1 atom stereocenters. The minimum absolute atomic E-state index is 0.123. The van der Waals surface area contributed by atoms with Crippen LogP contribution in [0.4, 0.5) is 0 Å². The van der Waals surface area contributed by atoms with E-state index in [4.69, 9.17) is 11.6 Å². The Hall–Kier alpha value is -3.22. The summed E-state index contributed by atoms with van der Waals surface area (Å²) in [5.41, 5.74) is 1.67. The molecule has 1 unspecified atom stereocenters. The van der Waals surface area contributed by atoms with Crippen molar-refractivity contribution in [1.29, 1.82) is 0 Å². The van der Waals surface area contributed by atoms with Gasteiger partial charge in [0, 0.05) is 6.20 Å². The summed E-state index contributed by atoms with van der Waals surface area (Å²) in [7, 11) is -4.08. The van der Waals surface area contributed by atoms with Crippen LogP contribution in [0.2, 0.25) is 5.15 Å². The molecule has 4 aromatic rings. The highest BCUT2D eigenvalue weighted by molar-refractivity contribution is 7.90. The number of amides is 1. The zero-order valence-corrected chi connectivity index (χ0v) is 18.0. The second-order valence-corrected chi connectivity index (χ2v) is 9.20. The fourth-order valence-electron chi connectivity index (χ4n) is 3.42. The van der Waals surface area contributed by atoms with E-state index < -0.39 is 21.8 Å². The summed E-state index contributed by atoms with van der Waals surface area (Å²) < 4.78 is 27.7. The summed E-state index contributed by atoms with van der Waals surface area (Å²) in [5.74, 6) is -1.30. The zero-order valence-electron chi connectivity index (χ0n) is 16.4. The maximum absolute atomic E-state index is 13.2. The number of hydrogen-bond acceptors (Lipinski definition) is 4. The monoisotopic (exact) mass is 450 g/mol. The number of fused-ring (bicyclic) bond motifs is 1. The van der Waals surface area contributed by atoms with E-state index in [1.165, 1.54) is 12.1 Å². The van der Waals surface area contributed by atoms with E-state index in [1.807, 2.05) is 72.8 Å². The molecule has 0 saturated carbocycles. The van der Waals surface area contributed by atoms with Crippen molar-refractivity contribution in [3.8, 4) is 0 Å². The average molecular weight is 451 g/mol. The summed E-state index contributed by atoms with van der Waals surface area (Å²) in [4.78, 5) is 16.9. The van der Waals surface area contributed by atoms with Gasteiger partial charge in [0.2, 0.25) is 5.91 Å². The molecule has 0 radical (unpaired) electrons. The molecule has 0 aliphatic carbocycles. The number of nitrogens with zero attached hydrogens (tertiary/aromatic N) is 1. The summed E-state index contributed by atoms with van der Waals surface area (Å²) in [6.07, 6.45) is 1.49. The molecule has 0 fully saturated rings. The maximum Gasteiger partial charge on any atom is 0.265 e. The van der Waals surface area contributed by atoms with Gasteiger partial charge in [-0.25, -0.2) is 18.1 Å². The third kappa shape index (κ3) is 4.93. The first-order valence-corrected chi connectivity index (χ1v) is 11.5. The van der Waals surface area contributed by atoms with Crippen LogP contribution in [-0.4, -0.2) is 19.3 Å². The molecule has 1 aromatic heterocycles. The van der Waals surface area contributed by atoms with Crippen LogP contribution in [0, 0.1) is 0 Å². The molecular weight excluding hydrogens is 432 g/mol. The fraction of sp³-hybridized carbons (Fsp3) is 0.0833. The number of halogens is 1. The number of nitrogens with one attached hydrogen (secondary N) is 1. The van der Waals surface area contributed by atoms with Crippen LogP contribution >= 0.6 is 11.6 Å². The summed E-state index contributed by atoms with van der Waals surface area (Å²) in [6.45, 7) is 0. The van der Waals surface area contributed by atoms with E-state index in [-0.39, 0.29) is 10.0 Å². The van der Waals surface area contributed by atoms with Gasteiger partial charge in [0.1, 0.15) is 10.0 Å². The minimum Gasteiger partial charge on any atom is -0.273 e. The van der Waals surface area contributed by atoms with Gasteiger partial charge in [-0.1, -0.05) is 84.4 Å². The van der Waals surface area contributed by atoms with Crippen LogP contribution in [0.15, 0.2) is 96.0 Å². The predicted molar refractivity (Wildman–Crippen MR) is 121 cm³/mol. The van der Waals surface area contributed by atoms with E-state index >= 15 is 0 Å². The van der Waals surface area contributed by atoms with E-state index in [9.17, 15) is 13.2 Å². The molecule has 1 amide bonds. The number of carbonyl (C=O) groups is 1. The van der Waals surface area contributed by atoms with Crippen molar-refractivity contribution in [2.75, 3.05) is 0 Å². The van der Waals surface area contributed by atoms with Crippen molar-refractivity contribution in [1.82, 2.24) is 9.71 Å². The normalized spacial score (nSPS) is 12.4. The van der Waals surface area contributed by atoms with Crippen LogP contribution in [0.5, 0.6) is 0 Å². The molecule has 156 valence electrons. The molecule has 0 bridgehead atoms. The highest BCUT2D eigenvalue weighted by Gasteiger charge is 2.27. The number of sulfonamides is 1. The lowest BCUT2D eigenvalue weighted by atomic mass is 9.90. The third-order valence-electron chi connectivity index (χ3n) is 5.02. The van der Waals surface area contributed by atoms with Crippen LogP contribution in [0.1, 0.15) is 17.0 Å². The smallest absolute Gasteiger partial charge is 0.265 e. The van der Waals surface area contributed by atoms with Gasteiger partial charge in [0.05, 0.1) is 5.92 Å². The van der Waals surface area contributed by atoms with Gasteiger partial charge >= 0.3 is 0 Å². The Labute approximate surface area is 185 Å². The number of pyridine rings is 1. The van der Waals surface area contributed by atoms with Gasteiger partial charge in [0.25, 0.3) is 10.0 Å². The lowest BCUT2D eigenvalue weighted by molar-refractivity contribution is -0.120. The van der Waals surface area contributed by atoms with Gasteiger partial charge in [-0.2, -0.15) is 0 Å². The van der Waals surface area contributed by atoms with E-state index in [0.717, 1.165) is 28.1 Å². The first-order chi connectivity index (χ1) is 14.9. The number of hydrogen-bond donors (Lipinski definition) is 1. The highest BCUT2D eigenvalue weighted by Crippen LogP contribution is 2.26. The van der Waals surface area contributed by atoms with Gasteiger partial charge in [-0.05, 0) is 40.5 Å². The van der Waals surface area contributed by atoms with Crippen LogP contribution < -0.4 is 4.72 Å². The molecule has 3 aromatic carbocycles. The number of benzene rings is 3. The molecule has 7 heteroatoms. The fourth-order valence-corrected chi connectivity index (χ4v) is 4.50. The first-order valence-electron chi connectivity index (χ1n) is 9.63. The largest absolute Gasteiger partial charge is 0.273 e. The van der Waals surface area contributed by atoms with Gasteiger partial charge < -0.3 is 0 Å². The molecule has 0 aliphatic heterocycles. The lowest BCUT2D eigenvalue weighted by Crippen LogP contribution is -2.35. The van der Waals surface area contributed by atoms with Gasteiger partial charge in [-0.3, -0.25) is 4.79 Å². The molecule has 1 N–H and O–H groups in total. The Kier molecular flexibility index (Phi) is 6.02. The Morgan fingerprint density at radius 2 is 1.61 bits per heavy atom. The molecule has 0 spiro atoms. The Morgan fingerprint density at radius 1 is 0.903 bits per heavy atom. The predicted octanol–water partition coefficient (Wildman–Crippen LogP) is 4.72. The van der Waals surface area contributed by atoms with Crippen LogP contribution in [0.3, 0.4) is 0 Å². The Morgan fingerprint density at radius 3 is 2.32 bits per heavy atom. The molecule has 4 rings (SSSR count). The molecular formula is C24H19ClN2O3S. The molecule has 0 aliphatic rings. The Bertz CT molecular complexity index is 1320. The van der Waals surface area contributed by atoms with Gasteiger partial charge in [0.15, 0.2) is 0 Å². The Balaban J connectivity index is 1.69. The number of carbonyl (C=O) groups excluding carboxylic acids is 1. The minimum atomic E-state index is -4.08. The van der Waals surface area contributed by atoms with E-state index in [1.54, 1.807) is 0 Å². The van der Waals surface area contributed by atoms with E-state index in [2.05, 4.69) is 9.71 Å². The van der Waals surface area contributed by atoms with Crippen molar-refractivity contribution in [2.24, 2.45) is 0 Å². The van der Waals surface area contributed by atoms with Crippen LogP contribution in [0.25, 0.3) is 10.8 Å². The molecule has 0 saturated heterocycles. The van der Waals surface area contributed by atoms with Crippen molar-refractivity contribution in [3.05, 3.63) is 107 Å². The topological polar surface area (TPSA) is 76.1 Å². The lowest BCUT2D eigenvalue weighted by Gasteiger charge is -2.18. The summed E-state index contributed by atoms with van der Waals surface area (Å²) in [5, 5.41) is 2.20.